The number of pyridine rings is 1. The molecule has 126 valence electrons. The topological polar surface area (TPSA) is 104 Å². The van der Waals surface area contributed by atoms with E-state index >= 15 is 0 Å². The minimum absolute atomic E-state index is 0.0137. The standard InChI is InChI=1S/C16H17N3O5/c1-3-24-10-11-5-4-6-13(7-11)18-15-14(19(21)22)8-12(9-17-15)16(20)23-2/h4-9H,3,10H2,1-2H3,(H,17,18). The lowest BCUT2D eigenvalue weighted by Crippen LogP contribution is -2.06. The van der Waals surface area contributed by atoms with Gasteiger partial charge in [0.15, 0.2) is 0 Å². The Morgan fingerprint density at radius 1 is 1.38 bits per heavy atom. The maximum atomic E-state index is 11.5. The molecule has 0 saturated carbocycles. The molecule has 0 aliphatic rings. The highest BCUT2D eigenvalue weighted by Gasteiger charge is 2.19. The van der Waals surface area contributed by atoms with Crippen LogP contribution >= 0.6 is 0 Å². The summed E-state index contributed by atoms with van der Waals surface area (Å²) in [5.41, 5.74) is 1.26. The highest BCUT2D eigenvalue weighted by Crippen LogP contribution is 2.27. The summed E-state index contributed by atoms with van der Waals surface area (Å²) in [6.45, 7) is 2.95. The third-order valence-electron chi connectivity index (χ3n) is 3.15. The van der Waals surface area contributed by atoms with Gasteiger partial charge in [-0.3, -0.25) is 10.1 Å². The summed E-state index contributed by atoms with van der Waals surface area (Å²) in [5, 5.41) is 14.1. The van der Waals surface area contributed by atoms with E-state index in [9.17, 15) is 14.9 Å². The molecule has 1 aromatic carbocycles. The van der Waals surface area contributed by atoms with Crippen LogP contribution in [0.4, 0.5) is 17.2 Å². The van der Waals surface area contributed by atoms with E-state index in [1.54, 1.807) is 6.07 Å². The molecule has 24 heavy (non-hydrogen) atoms. The quantitative estimate of drug-likeness (QED) is 0.472. The molecule has 0 saturated heterocycles. The smallest absolute Gasteiger partial charge is 0.339 e. The van der Waals surface area contributed by atoms with Gasteiger partial charge in [-0.15, -0.1) is 0 Å². The number of methoxy groups -OCH3 is 1. The maximum absolute atomic E-state index is 11.5. The number of carbonyl (C=O) groups excluding carboxylic acids is 1. The Labute approximate surface area is 138 Å². The molecular formula is C16H17N3O5. The zero-order valence-electron chi connectivity index (χ0n) is 13.3. The van der Waals surface area contributed by atoms with E-state index in [1.165, 1.54) is 13.3 Å². The average Bonchev–Trinajstić information content (AvgIpc) is 2.59. The minimum atomic E-state index is -0.684. The molecule has 1 aromatic heterocycles. The van der Waals surface area contributed by atoms with E-state index in [-0.39, 0.29) is 17.1 Å². The number of benzene rings is 1. The van der Waals surface area contributed by atoms with Crippen LogP contribution in [0, 0.1) is 10.1 Å². The van der Waals surface area contributed by atoms with Gasteiger partial charge in [-0.05, 0) is 24.6 Å². The number of anilines is 2. The van der Waals surface area contributed by atoms with Crippen LogP contribution in [0.25, 0.3) is 0 Å². The number of aromatic nitrogens is 1. The first-order chi connectivity index (χ1) is 11.5. The summed E-state index contributed by atoms with van der Waals surface area (Å²) in [6.07, 6.45) is 1.23. The molecule has 8 nitrogen and oxygen atoms in total. The summed E-state index contributed by atoms with van der Waals surface area (Å²) in [7, 11) is 1.20. The molecule has 0 atom stereocenters. The van der Waals surface area contributed by atoms with Crippen molar-refractivity contribution in [1.29, 1.82) is 0 Å². The van der Waals surface area contributed by atoms with Gasteiger partial charge < -0.3 is 14.8 Å². The fraction of sp³-hybridized carbons (Fsp3) is 0.250. The van der Waals surface area contributed by atoms with E-state index in [1.807, 2.05) is 25.1 Å². The van der Waals surface area contributed by atoms with E-state index < -0.39 is 10.9 Å². The third-order valence-corrected chi connectivity index (χ3v) is 3.15. The molecule has 0 aliphatic carbocycles. The summed E-state index contributed by atoms with van der Waals surface area (Å²) >= 11 is 0. The predicted molar refractivity (Wildman–Crippen MR) is 87.3 cm³/mol. The van der Waals surface area contributed by atoms with Gasteiger partial charge in [-0.2, -0.15) is 0 Å². The van der Waals surface area contributed by atoms with Crippen molar-refractivity contribution in [3.05, 3.63) is 57.8 Å². The second-order valence-electron chi connectivity index (χ2n) is 4.80. The van der Waals surface area contributed by atoms with Gasteiger partial charge in [0, 0.05) is 24.6 Å². The number of nitrogens with zero attached hydrogens (tertiary/aromatic N) is 2. The predicted octanol–water partition coefficient (Wildman–Crippen LogP) is 3.06. The molecule has 0 aliphatic heterocycles. The number of nitrogens with one attached hydrogen (secondary N) is 1. The Morgan fingerprint density at radius 3 is 2.83 bits per heavy atom. The van der Waals surface area contributed by atoms with E-state index in [4.69, 9.17) is 4.74 Å². The molecule has 0 amide bonds. The largest absolute Gasteiger partial charge is 0.465 e. The van der Waals surface area contributed by atoms with Gasteiger partial charge in [0.05, 0.1) is 24.2 Å². The van der Waals surface area contributed by atoms with Crippen molar-refractivity contribution in [3.8, 4) is 0 Å². The number of nitro groups is 1. The molecule has 2 aromatic rings. The lowest BCUT2D eigenvalue weighted by atomic mass is 10.2. The van der Waals surface area contributed by atoms with Crippen molar-refractivity contribution < 1.29 is 19.2 Å². The molecule has 0 spiro atoms. The summed E-state index contributed by atoms with van der Waals surface area (Å²) in [6, 6.07) is 8.41. The van der Waals surface area contributed by atoms with Crippen LogP contribution in [0.2, 0.25) is 0 Å². The number of hydrogen-bond acceptors (Lipinski definition) is 7. The molecular weight excluding hydrogens is 314 g/mol. The Bertz CT molecular complexity index is 748. The number of hydrogen-bond donors (Lipinski definition) is 1. The van der Waals surface area contributed by atoms with Crippen molar-refractivity contribution in [2.45, 2.75) is 13.5 Å². The summed E-state index contributed by atoms with van der Waals surface area (Å²) in [5.74, 6) is -0.642. The number of rotatable bonds is 7. The van der Waals surface area contributed by atoms with Crippen LogP contribution in [-0.4, -0.2) is 29.6 Å². The molecule has 8 heteroatoms. The Morgan fingerprint density at radius 2 is 2.17 bits per heavy atom. The van der Waals surface area contributed by atoms with Crippen molar-refractivity contribution >= 4 is 23.2 Å². The van der Waals surface area contributed by atoms with Crippen molar-refractivity contribution in [2.75, 3.05) is 19.0 Å². The Balaban J connectivity index is 2.29. The van der Waals surface area contributed by atoms with Gasteiger partial charge in [-0.1, -0.05) is 12.1 Å². The minimum Gasteiger partial charge on any atom is -0.465 e. The normalized spacial score (nSPS) is 10.2. The van der Waals surface area contributed by atoms with Crippen LogP contribution in [0.15, 0.2) is 36.5 Å². The second-order valence-corrected chi connectivity index (χ2v) is 4.80. The Kier molecular flexibility index (Phi) is 5.80. The fourth-order valence-electron chi connectivity index (χ4n) is 2.01. The van der Waals surface area contributed by atoms with Crippen LogP contribution in [0.1, 0.15) is 22.8 Å². The lowest BCUT2D eigenvalue weighted by molar-refractivity contribution is -0.384. The summed E-state index contributed by atoms with van der Waals surface area (Å²) in [4.78, 5) is 26.1. The SMILES string of the molecule is CCOCc1cccc(Nc2ncc(C(=O)OC)cc2[N+](=O)[O-])c1. The molecule has 2 rings (SSSR count). The monoisotopic (exact) mass is 331 g/mol. The van der Waals surface area contributed by atoms with Crippen LogP contribution in [0.5, 0.6) is 0 Å². The van der Waals surface area contributed by atoms with Crippen molar-refractivity contribution in [1.82, 2.24) is 4.98 Å². The van der Waals surface area contributed by atoms with Crippen LogP contribution in [-0.2, 0) is 16.1 Å². The molecule has 0 radical (unpaired) electrons. The van der Waals surface area contributed by atoms with E-state index in [2.05, 4.69) is 15.0 Å². The van der Waals surface area contributed by atoms with Gasteiger partial charge in [0.1, 0.15) is 0 Å². The second kappa shape index (κ2) is 8.02. The van der Waals surface area contributed by atoms with E-state index in [0.29, 0.717) is 18.9 Å². The van der Waals surface area contributed by atoms with Crippen molar-refractivity contribution in [3.63, 3.8) is 0 Å². The fourth-order valence-corrected chi connectivity index (χ4v) is 2.01. The number of ether oxygens (including phenoxy) is 2. The highest BCUT2D eigenvalue weighted by molar-refractivity contribution is 5.90. The molecule has 0 bridgehead atoms. The molecule has 1 heterocycles. The van der Waals surface area contributed by atoms with Crippen molar-refractivity contribution in [2.24, 2.45) is 0 Å². The first-order valence-corrected chi connectivity index (χ1v) is 7.21. The first kappa shape index (κ1) is 17.4. The van der Waals surface area contributed by atoms with Crippen LogP contribution in [0.3, 0.4) is 0 Å². The van der Waals surface area contributed by atoms with Gasteiger partial charge >= 0.3 is 11.7 Å². The average molecular weight is 331 g/mol. The first-order valence-electron chi connectivity index (χ1n) is 7.21. The molecule has 0 fully saturated rings. The third kappa shape index (κ3) is 4.26. The zero-order chi connectivity index (χ0) is 17.5. The summed E-state index contributed by atoms with van der Waals surface area (Å²) < 4.78 is 9.88. The van der Waals surface area contributed by atoms with Gasteiger partial charge in [0.2, 0.25) is 5.82 Å². The van der Waals surface area contributed by atoms with Gasteiger partial charge in [-0.25, -0.2) is 9.78 Å². The number of carbonyl (C=O) groups is 1. The van der Waals surface area contributed by atoms with E-state index in [0.717, 1.165) is 11.6 Å². The highest BCUT2D eigenvalue weighted by atomic mass is 16.6. The van der Waals surface area contributed by atoms with Crippen LogP contribution < -0.4 is 5.32 Å². The molecule has 1 N–H and O–H groups in total. The Hall–Kier alpha value is -3.00. The number of esters is 1. The van der Waals surface area contributed by atoms with Gasteiger partial charge in [0.25, 0.3) is 0 Å². The maximum Gasteiger partial charge on any atom is 0.339 e. The lowest BCUT2D eigenvalue weighted by Gasteiger charge is -2.09. The molecule has 0 unspecified atom stereocenters. The zero-order valence-corrected chi connectivity index (χ0v) is 13.3.